The van der Waals surface area contributed by atoms with Crippen molar-refractivity contribution in [2.75, 3.05) is 0 Å². The highest BCUT2D eigenvalue weighted by atomic mass is 14.0. The summed E-state index contributed by atoms with van der Waals surface area (Å²) in [5.74, 6) is 0. The summed E-state index contributed by atoms with van der Waals surface area (Å²) < 4.78 is 0. The number of aryl methyl sites for hydroxylation is 1. The fraction of sp³-hybridized carbons (Fsp3) is 0.222. The molecule has 18 heavy (non-hydrogen) atoms. The van der Waals surface area contributed by atoms with Crippen molar-refractivity contribution >= 4 is 5.57 Å². The molecular formula is C18H20. The second-order valence-electron chi connectivity index (χ2n) is 4.66. The predicted octanol–water partition coefficient (Wildman–Crippen LogP) is 5.11. The standard InChI is InChI=1S/C18H20/c1-16(18-14-6-3-7-15-18)10-8-9-13-17-11-4-2-5-12-17/h2-7,11-12,14-15H,1,8-10,13H2. The number of benzene rings is 2. The Morgan fingerprint density at radius 2 is 1.39 bits per heavy atom. The Morgan fingerprint density at radius 3 is 2.06 bits per heavy atom. The molecule has 0 saturated carbocycles. The van der Waals surface area contributed by atoms with Gasteiger partial charge in [0.25, 0.3) is 0 Å². The number of rotatable bonds is 6. The molecule has 0 heteroatoms. The van der Waals surface area contributed by atoms with Gasteiger partial charge in [-0.05, 0) is 42.4 Å². The first-order valence-corrected chi connectivity index (χ1v) is 6.63. The maximum absolute atomic E-state index is 4.17. The van der Waals surface area contributed by atoms with Crippen molar-refractivity contribution in [1.29, 1.82) is 0 Å². The molecule has 0 aromatic heterocycles. The van der Waals surface area contributed by atoms with Crippen LogP contribution in [0.25, 0.3) is 5.57 Å². The highest BCUT2D eigenvalue weighted by Crippen LogP contribution is 2.19. The summed E-state index contributed by atoms with van der Waals surface area (Å²) in [5.41, 5.74) is 3.96. The molecule has 92 valence electrons. The van der Waals surface area contributed by atoms with Crippen LogP contribution in [-0.4, -0.2) is 0 Å². The third-order valence-electron chi connectivity index (χ3n) is 3.22. The van der Waals surface area contributed by atoms with Crippen molar-refractivity contribution in [1.82, 2.24) is 0 Å². The molecular weight excluding hydrogens is 216 g/mol. The summed E-state index contributed by atoms with van der Waals surface area (Å²) in [5, 5.41) is 0. The molecule has 2 aromatic rings. The van der Waals surface area contributed by atoms with E-state index >= 15 is 0 Å². The Labute approximate surface area is 110 Å². The lowest BCUT2D eigenvalue weighted by molar-refractivity contribution is 0.755. The molecule has 0 aliphatic carbocycles. The van der Waals surface area contributed by atoms with Gasteiger partial charge < -0.3 is 0 Å². The number of unbranched alkanes of at least 4 members (excludes halogenated alkanes) is 1. The fourth-order valence-electron chi connectivity index (χ4n) is 2.13. The maximum atomic E-state index is 4.17. The highest BCUT2D eigenvalue weighted by molar-refractivity contribution is 5.62. The van der Waals surface area contributed by atoms with Gasteiger partial charge in [-0.2, -0.15) is 0 Å². The predicted molar refractivity (Wildman–Crippen MR) is 79.5 cm³/mol. The van der Waals surface area contributed by atoms with Crippen molar-refractivity contribution < 1.29 is 0 Å². The summed E-state index contributed by atoms with van der Waals surface area (Å²) >= 11 is 0. The van der Waals surface area contributed by atoms with E-state index in [1.54, 1.807) is 0 Å². The number of hydrogen-bond donors (Lipinski definition) is 0. The highest BCUT2D eigenvalue weighted by Gasteiger charge is 1.98. The monoisotopic (exact) mass is 236 g/mol. The summed E-state index contributed by atoms with van der Waals surface area (Å²) in [6.07, 6.45) is 4.71. The quantitative estimate of drug-likeness (QED) is 0.611. The van der Waals surface area contributed by atoms with Gasteiger partial charge in [0.05, 0.1) is 0 Å². The second kappa shape index (κ2) is 6.80. The topological polar surface area (TPSA) is 0 Å². The summed E-state index contributed by atoms with van der Waals surface area (Å²) in [4.78, 5) is 0. The molecule has 2 rings (SSSR count). The molecule has 0 atom stereocenters. The molecule has 0 aliphatic heterocycles. The van der Waals surface area contributed by atoms with Crippen LogP contribution in [0.5, 0.6) is 0 Å². The number of hydrogen-bond acceptors (Lipinski definition) is 0. The minimum absolute atomic E-state index is 1.09. The van der Waals surface area contributed by atoms with E-state index in [0.717, 1.165) is 6.42 Å². The fourth-order valence-corrected chi connectivity index (χ4v) is 2.13. The first kappa shape index (κ1) is 12.6. The largest absolute Gasteiger partial charge is 0.0952 e. The van der Waals surface area contributed by atoms with E-state index in [0.29, 0.717) is 0 Å². The van der Waals surface area contributed by atoms with Crippen LogP contribution in [0.1, 0.15) is 30.4 Å². The third-order valence-corrected chi connectivity index (χ3v) is 3.22. The van der Waals surface area contributed by atoms with Crippen LogP contribution in [0.4, 0.5) is 0 Å². The summed E-state index contributed by atoms with van der Waals surface area (Å²) in [7, 11) is 0. The Morgan fingerprint density at radius 1 is 0.778 bits per heavy atom. The van der Waals surface area contributed by atoms with Crippen LogP contribution in [0.15, 0.2) is 67.2 Å². The Bertz CT molecular complexity index is 468. The van der Waals surface area contributed by atoms with Gasteiger partial charge in [-0.1, -0.05) is 67.2 Å². The lowest BCUT2D eigenvalue weighted by atomic mass is 10.00. The first-order valence-electron chi connectivity index (χ1n) is 6.63. The molecule has 0 saturated heterocycles. The molecule has 0 fully saturated rings. The van der Waals surface area contributed by atoms with Crippen LogP contribution in [0, 0.1) is 0 Å². The van der Waals surface area contributed by atoms with Gasteiger partial charge in [-0.25, -0.2) is 0 Å². The molecule has 0 amide bonds. The normalized spacial score (nSPS) is 10.2. The van der Waals surface area contributed by atoms with Crippen molar-refractivity contribution in [2.45, 2.75) is 25.7 Å². The van der Waals surface area contributed by atoms with Crippen LogP contribution < -0.4 is 0 Å². The average molecular weight is 236 g/mol. The number of allylic oxidation sites excluding steroid dienone is 1. The molecule has 0 heterocycles. The van der Waals surface area contributed by atoms with Gasteiger partial charge in [0.2, 0.25) is 0 Å². The smallest absolute Gasteiger partial charge is 0.0230 e. The van der Waals surface area contributed by atoms with Gasteiger partial charge in [0.1, 0.15) is 0 Å². The van der Waals surface area contributed by atoms with Crippen molar-refractivity contribution in [3.05, 3.63) is 78.4 Å². The molecule has 0 bridgehead atoms. The Balaban J connectivity index is 1.72. The average Bonchev–Trinajstić information content (AvgIpc) is 2.45. The van der Waals surface area contributed by atoms with E-state index in [2.05, 4.69) is 61.2 Å². The lowest BCUT2D eigenvalue weighted by Gasteiger charge is -2.06. The van der Waals surface area contributed by atoms with Crippen LogP contribution in [-0.2, 0) is 6.42 Å². The zero-order valence-corrected chi connectivity index (χ0v) is 10.8. The lowest BCUT2D eigenvalue weighted by Crippen LogP contribution is -1.87. The summed E-state index contributed by atoms with van der Waals surface area (Å²) in [6, 6.07) is 21.2. The Hall–Kier alpha value is -1.82. The SMILES string of the molecule is C=C(CCCCc1ccccc1)c1ccccc1. The van der Waals surface area contributed by atoms with Gasteiger partial charge in [0, 0.05) is 0 Å². The zero-order chi connectivity index (χ0) is 12.6. The van der Waals surface area contributed by atoms with Gasteiger partial charge in [-0.3, -0.25) is 0 Å². The second-order valence-corrected chi connectivity index (χ2v) is 4.66. The third kappa shape index (κ3) is 3.89. The van der Waals surface area contributed by atoms with E-state index in [1.807, 2.05) is 6.07 Å². The van der Waals surface area contributed by atoms with E-state index in [4.69, 9.17) is 0 Å². The minimum atomic E-state index is 1.09. The van der Waals surface area contributed by atoms with E-state index < -0.39 is 0 Å². The molecule has 0 nitrogen and oxygen atoms in total. The van der Waals surface area contributed by atoms with E-state index in [9.17, 15) is 0 Å². The van der Waals surface area contributed by atoms with Crippen LogP contribution in [0.3, 0.4) is 0 Å². The van der Waals surface area contributed by atoms with Crippen molar-refractivity contribution in [3.63, 3.8) is 0 Å². The van der Waals surface area contributed by atoms with Crippen molar-refractivity contribution in [2.24, 2.45) is 0 Å². The van der Waals surface area contributed by atoms with Gasteiger partial charge in [0.15, 0.2) is 0 Å². The minimum Gasteiger partial charge on any atom is -0.0952 e. The summed E-state index contributed by atoms with van der Waals surface area (Å²) in [6.45, 7) is 4.17. The molecule has 0 aliphatic rings. The van der Waals surface area contributed by atoms with Crippen LogP contribution in [0.2, 0.25) is 0 Å². The molecule has 2 aromatic carbocycles. The molecule has 0 radical (unpaired) electrons. The van der Waals surface area contributed by atoms with Crippen molar-refractivity contribution in [3.8, 4) is 0 Å². The molecule has 0 unspecified atom stereocenters. The van der Waals surface area contributed by atoms with Crippen LogP contribution >= 0.6 is 0 Å². The van der Waals surface area contributed by atoms with E-state index in [1.165, 1.54) is 36.0 Å². The molecule has 0 N–H and O–H groups in total. The Kier molecular flexibility index (Phi) is 4.78. The van der Waals surface area contributed by atoms with Gasteiger partial charge >= 0.3 is 0 Å². The van der Waals surface area contributed by atoms with E-state index in [-0.39, 0.29) is 0 Å². The maximum Gasteiger partial charge on any atom is -0.0230 e. The first-order chi connectivity index (χ1) is 8.86. The van der Waals surface area contributed by atoms with Gasteiger partial charge in [-0.15, -0.1) is 0 Å². The molecule has 0 spiro atoms. The zero-order valence-electron chi connectivity index (χ0n) is 10.8.